The van der Waals surface area contributed by atoms with Crippen LogP contribution in [0.1, 0.15) is 45.4 Å². The summed E-state index contributed by atoms with van der Waals surface area (Å²) in [6, 6.07) is 3.47. The molecule has 0 unspecified atom stereocenters. The molecule has 0 atom stereocenters. The van der Waals surface area contributed by atoms with Gasteiger partial charge in [-0.3, -0.25) is 25.7 Å². The van der Waals surface area contributed by atoms with E-state index in [1.54, 1.807) is 0 Å². The highest BCUT2D eigenvalue weighted by Gasteiger charge is 2.28. The fourth-order valence-electron chi connectivity index (χ4n) is 2.95. The first-order valence-electron chi connectivity index (χ1n) is 7.70. The average Bonchev–Trinajstić information content (AvgIpc) is 2.55. The molecule has 1 aliphatic carbocycles. The lowest BCUT2D eigenvalue weighted by Gasteiger charge is -2.32. The van der Waals surface area contributed by atoms with Gasteiger partial charge in [0.05, 0.1) is 15.9 Å². The smallest absolute Gasteiger partial charge is 0.272 e. The van der Waals surface area contributed by atoms with E-state index >= 15 is 0 Å². The SMILES string of the molecule is CCC1(/C=N/Nc2ccc([N+](=O)[O-])cc2[N+](=O)[O-])CCCCC1. The molecular weight excluding hydrogens is 300 g/mol. The highest BCUT2D eigenvalue weighted by Crippen LogP contribution is 2.37. The molecule has 23 heavy (non-hydrogen) atoms. The molecule has 0 bridgehead atoms. The Balaban J connectivity index is 2.17. The summed E-state index contributed by atoms with van der Waals surface area (Å²) in [6.45, 7) is 2.12. The fraction of sp³-hybridized carbons (Fsp3) is 0.533. The lowest BCUT2D eigenvalue weighted by molar-refractivity contribution is -0.393. The van der Waals surface area contributed by atoms with Gasteiger partial charge in [0.2, 0.25) is 0 Å². The molecule has 0 saturated heterocycles. The van der Waals surface area contributed by atoms with Gasteiger partial charge in [-0.25, -0.2) is 0 Å². The van der Waals surface area contributed by atoms with Crippen LogP contribution in [-0.2, 0) is 0 Å². The lowest BCUT2D eigenvalue weighted by Crippen LogP contribution is -2.25. The van der Waals surface area contributed by atoms with Crippen molar-refractivity contribution in [2.75, 3.05) is 5.43 Å². The van der Waals surface area contributed by atoms with E-state index in [1.165, 1.54) is 18.6 Å². The van der Waals surface area contributed by atoms with Crippen LogP contribution in [0.15, 0.2) is 23.3 Å². The Labute approximate surface area is 133 Å². The minimum Gasteiger partial charge on any atom is -0.272 e. The molecule has 8 heteroatoms. The Kier molecular flexibility index (Phi) is 5.25. The molecule has 2 rings (SSSR count). The summed E-state index contributed by atoms with van der Waals surface area (Å²) in [6.07, 6.45) is 8.51. The minimum atomic E-state index is -0.659. The molecule has 0 heterocycles. The fourth-order valence-corrected chi connectivity index (χ4v) is 2.95. The van der Waals surface area contributed by atoms with Crippen molar-refractivity contribution < 1.29 is 9.85 Å². The number of anilines is 1. The van der Waals surface area contributed by atoms with Gasteiger partial charge in [-0.2, -0.15) is 5.10 Å². The number of hydrogen-bond acceptors (Lipinski definition) is 6. The van der Waals surface area contributed by atoms with Gasteiger partial charge in [-0.05, 0) is 25.3 Å². The average molecular weight is 320 g/mol. The van der Waals surface area contributed by atoms with Crippen molar-refractivity contribution in [2.45, 2.75) is 45.4 Å². The third kappa shape index (κ3) is 4.02. The molecule has 8 nitrogen and oxygen atoms in total. The van der Waals surface area contributed by atoms with Crippen LogP contribution in [0.2, 0.25) is 0 Å². The molecule has 1 aliphatic rings. The quantitative estimate of drug-likeness (QED) is 0.478. The predicted octanol–water partition coefficient (Wildman–Crippen LogP) is 4.26. The number of nitro benzene ring substituents is 2. The number of hydrazone groups is 1. The molecule has 1 saturated carbocycles. The van der Waals surface area contributed by atoms with Gasteiger partial charge in [0, 0.05) is 17.7 Å². The third-order valence-electron chi connectivity index (χ3n) is 4.47. The third-order valence-corrected chi connectivity index (χ3v) is 4.47. The predicted molar refractivity (Wildman–Crippen MR) is 87.7 cm³/mol. The van der Waals surface area contributed by atoms with Crippen LogP contribution in [0.25, 0.3) is 0 Å². The van der Waals surface area contributed by atoms with Gasteiger partial charge in [0.1, 0.15) is 5.69 Å². The van der Waals surface area contributed by atoms with Crippen molar-refractivity contribution in [1.29, 1.82) is 0 Å². The van der Waals surface area contributed by atoms with Crippen LogP contribution in [0.4, 0.5) is 17.1 Å². The Morgan fingerprint density at radius 2 is 1.91 bits per heavy atom. The molecular formula is C15H20N4O4. The number of rotatable bonds is 6. The second kappa shape index (κ2) is 7.17. The molecule has 1 N–H and O–H groups in total. The molecule has 1 aromatic rings. The van der Waals surface area contributed by atoms with Gasteiger partial charge in [-0.1, -0.05) is 26.2 Å². The first-order chi connectivity index (χ1) is 11.0. The topological polar surface area (TPSA) is 111 Å². The zero-order valence-corrected chi connectivity index (χ0v) is 13.0. The molecule has 0 amide bonds. The van der Waals surface area contributed by atoms with Crippen LogP contribution in [0.3, 0.4) is 0 Å². The van der Waals surface area contributed by atoms with Crippen LogP contribution in [-0.4, -0.2) is 16.1 Å². The summed E-state index contributed by atoms with van der Waals surface area (Å²) in [5.41, 5.74) is 2.19. The maximum atomic E-state index is 11.1. The minimum absolute atomic E-state index is 0.0425. The number of hydrogen-bond donors (Lipinski definition) is 1. The van der Waals surface area contributed by atoms with Gasteiger partial charge in [0.25, 0.3) is 5.69 Å². The lowest BCUT2D eigenvalue weighted by atomic mass is 9.73. The highest BCUT2D eigenvalue weighted by atomic mass is 16.6. The van der Waals surface area contributed by atoms with Crippen molar-refractivity contribution in [2.24, 2.45) is 10.5 Å². The van der Waals surface area contributed by atoms with E-state index < -0.39 is 9.85 Å². The van der Waals surface area contributed by atoms with Crippen LogP contribution < -0.4 is 5.43 Å². The van der Waals surface area contributed by atoms with Crippen molar-refractivity contribution >= 4 is 23.3 Å². The summed E-state index contributed by atoms with van der Waals surface area (Å²) in [4.78, 5) is 20.5. The van der Waals surface area contributed by atoms with Crippen molar-refractivity contribution in [3.63, 3.8) is 0 Å². The number of nitro groups is 2. The molecule has 124 valence electrons. The van der Waals surface area contributed by atoms with Gasteiger partial charge < -0.3 is 0 Å². The van der Waals surface area contributed by atoms with Crippen molar-refractivity contribution in [1.82, 2.24) is 0 Å². The van der Waals surface area contributed by atoms with Crippen LogP contribution >= 0.6 is 0 Å². The second-order valence-electron chi connectivity index (χ2n) is 5.86. The zero-order chi connectivity index (χ0) is 16.9. The summed E-state index contributed by atoms with van der Waals surface area (Å²) >= 11 is 0. The summed E-state index contributed by atoms with van der Waals surface area (Å²) in [7, 11) is 0. The van der Waals surface area contributed by atoms with E-state index in [0.29, 0.717) is 0 Å². The summed E-state index contributed by atoms with van der Waals surface area (Å²) < 4.78 is 0. The standard InChI is InChI=1S/C15H20N4O4/c1-2-15(8-4-3-5-9-15)11-16-17-13-7-6-12(18(20)21)10-14(13)19(22)23/h6-7,10-11,17H,2-5,8-9H2,1H3/b16-11+. The molecule has 0 aromatic heterocycles. The molecule has 1 aromatic carbocycles. The van der Waals surface area contributed by atoms with E-state index in [2.05, 4.69) is 17.5 Å². The van der Waals surface area contributed by atoms with Gasteiger partial charge >= 0.3 is 5.69 Å². The maximum Gasteiger partial charge on any atom is 0.301 e. The number of benzene rings is 1. The Morgan fingerprint density at radius 3 is 2.48 bits per heavy atom. The molecule has 1 fully saturated rings. The van der Waals surface area contributed by atoms with Crippen molar-refractivity contribution in [3.8, 4) is 0 Å². The maximum absolute atomic E-state index is 11.1. The van der Waals surface area contributed by atoms with Crippen LogP contribution in [0, 0.1) is 25.6 Å². The monoisotopic (exact) mass is 320 g/mol. The Bertz CT molecular complexity index is 624. The van der Waals surface area contributed by atoms with E-state index in [4.69, 9.17) is 0 Å². The largest absolute Gasteiger partial charge is 0.301 e. The first-order valence-corrected chi connectivity index (χ1v) is 7.70. The van der Waals surface area contributed by atoms with E-state index in [0.717, 1.165) is 38.2 Å². The van der Waals surface area contributed by atoms with E-state index in [-0.39, 0.29) is 22.5 Å². The molecule has 0 spiro atoms. The second-order valence-corrected chi connectivity index (χ2v) is 5.86. The van der Waals surface area contributed by atoms with E-state index in [9.17, 15) is 20.2 Å². The zero-order valence-electron chi connectivity index (χ0n) is 13.0. The van der Waals surface area contributed by atoms with Crippen molar-refractivity contribution in [3.05, 3.63) is 38.4 Å². The number of nitrogens with one attached hydrogen (secondary N) is 1. The Morgan fingerprint density at radius 1 is 1.22 bits per heavy atom. The van der Waals surface area contributed by atoms with Crippen LogP contribution in [0.5, 0.6) is 0 Å². The first kappa shape index (κ1) is 16.9. The molecule has 0 radical (unpaired) electrons. The normalized spacial score (nSPS) is 17.1. The van der Waals surface area contributed by atoms with Gasteiger partial charge in [0.15, 0.2) is 0 Å². The molecule has 0 aliphatic heterocycles. The number of non-ortho nitro benzene ring substituents is 1. The highest BCUT2D eigenvalue weighted by molar-refractivity contribution is 5.70. The summed E-state index contributed by atoms with van der Waals surface area (Å²) in [5.74, 6) is 0. The summed E-state index contributed by atoms with van der Waals surface area (Å²) in [5, 5.41) is 26.0. The van der Waals surface area contributed by atoms with Gasteiger partial charge in [-0.15, -0.1) is 0 Å². The number of nitrogens with zero attached hydrogens (tertiary/aromatic N) is 3. The van der Waals surface area contributed by atoms with E-state index in [1.807, 2.05) is 6.21 Å². The Hall–Kier alpha value is -2.51.